The third kappa shape index (κ3) is 3.46. The highest BCUT2D eigenvalue weighted by atomic mass is 16.5. The van der Waals surface area contributed by atoms with Gasteiger partial charge in [-0.25, -0.2) is 0 Å². The summed E-state index contributed by atoms with van der Waals surface area (Å²) in [5.41, 5.74) is 3.24. The molecule has 0 bridgehead atoms. The number of fused-ring (bicyclic) bond motifs is 2. The van der Waals surface area contributed by atoms with E-state index in [0.717, 1.165) is 11.1 Å². The van der Waals surface area contributed by atoms with Crippen LogP contribution in [0, 0.1) is 0 Å². The summed E-state index contributed by atoms with van der Waals surface area (Å²) in [7, 11) is 0. The normalized spacial score (nSPS) is 19.3. The van der Waals surface area contributed by atoms with E-state index < -0.39 is 6.04 Å². The molecule has 2 aliphatic rings. The number of hydrogen-bond acceptors (Lipinski definition) is 3. The van der Waals surface area contributed by atoms with E-state index in [1.54, 1.807) is 4.90 Å². The van der Waals surface area contributed by atoms with Crippen LogP contribution in [-0.2, 0) is 11.3 Å². The first-order valence-electron chi connectivity index (χ1n) is 10.6. The van der Waals surface area contributed by atoms with E-state index in [1.165, 1.54) is 10.8 Å². The van der Waals surface area contributed by atoms with Crippen LogP contribution in [0.1, 0.15) is 47.4 Å². The lowest BCUT2D eigenvalue weighted by molar-refractivity contribution is -0.126. The Morgan fingerprint density at radius 1 is 1.06 bits per heavy atom. The molecule has 1 saturated heterocycles. The molecule has 0 radical (unpaired) electrons. The summed E-state index contributed by atoms with van der Waals surface area (Å²) in [5.74, 6) is 0.408. The van der Waals surface area contributed by atoms with Crippen LogP contribution in [0.5, 0.6) is 5.75 Å². The van der Waals surface area contributed by atoms with Gasteiger partial charge < -0.3 is 15.0 Å². The minimum absolute atomic E-state index is 0.119. The van der Waals surface area contributed by atoms with Crippen molar-refractivity contribution >= 4 is 22.6 Å². The Bertz CT molecular complexity index is 1220. The van der Waals surface area contributed by atoms with Crippen LogP contribution in [0.25, 0.3) is 10.8 Å². The number of ether oxygens (including phenoxy) is 1. The van der Waals surface area contributed by atoms with E-state index in [9.17, 15) is 9.59 Å². The van der Waals surface area contributed by atoms with Crippen molar-refractivity contribution in [2.75, 3.05) is 0 Å². The van der Waals surface area contributed by atoms with Gasteiger partial charge in [-0.3, -0.25) is 9.59 Å². The number of piperidine rings is 1. The van der Waals surface area contributed by atoms with Crippen LogP contribution in [0.3, 0.4) is 0 Å². The lowest BCUT2D eigenvalue weighted by Gasteiger charge is -2.31. The zero-order valence-electron chi connectivity index (χ0n) is 17.4. The largest absolute Gasteiger partial charge is 0.486 e. The Balaban J connectivity index is 1.40. The molecular weight excluding hydrogens is 388 g/mol. The third-order valence-corrected chi connectivity index (χ3v) is 6.20. The van der Waals surface area contributed by atoms with Gasteiger partial charge in [-0.2, -0.15) is 0 Å². The van der Waals surface area contributed by atoms with E-state index >= 15 is 0 Å². The number of nitrogens with one attached hydrogen (secondary N) is 1. The first-order valence-corrected chi connectivity index (χ1v) is 10.6. The molecule has 2 aliphatic heterocycles. The quantitative estimate of drug-likeness (QED) is 0.674. The van der Waals surface area contributed by atoms with Crippen molar-refractivity contribution in [2.24, 2.45) is 0 Å². The number of carbonyl (C=O) groups is 2. The van der Waals surface area contributed by atoms with Gasteiger partial charge in [0.05, 0.1) is 6.54 Å². The molecule has 0 saturated carbocycles. The van der Waals surface area contributed by atoms with Crippen molar-refractivity contribution in [3.63, 3.8) is 0 Å². The molecule has 1 N–H and O–H groups in total. The highest BCUT2D eigenvalue weighted by Gasteiger charge is 2.39. The van der Waals surface area contributed by atoms with Crippen LogP contribution < -0.4 is 10.1 Å². The highest BCUT2D eigenvalue weighted by molar-refractivity contribution is 6.02. The standard InChI is InChI=1S/C26H24N2O3/c1-16-10-13-23(25(29)27-16)28-15-22-21(26(28)30)8-5-9-24(22)31-17(2)19-12-11-18-6-3-4-7-20(18)14-19/h3-9,11-12,14,17,23H,1,10,13,15H2,2H3,(H,27,29). The number of benzene rings is 3. The topological polar surface area (TPSA) is 58.6 Å². The molecule has 2 atom stereocenters. The van der Waals surface area contributed by atoms with E-state index in [2.05, 4.69) is 42.2 Å². The van der Waals surface area contributed by atoms with Crippen LogP contribution in [-0.4, -0.2) is 22.8 Å². The van der Waals surface area contributed by atoms with E-state index in [0.29, 0.717) is 36.4 Å². The van der Waals surface area contributed by atoms with E-state index in [-0.39, 0.29) is 17.9 Å². The molecule has 5 heteroatoms. The van der Waals surface area contributed by atoms with Gasteiger partial charge in [0.2, 0.25) is 5.91 Å². The molecule has 3 aromatic rings. The molecule has 1 fully saturated rings. The second-order valence-corrected chi connectivity index (χ2v) is 8.23. The van der Waals surface area contributed by atoms with Gasteiger partial charge >= 0.3 is 0 Å². The fraction of sp³-hybridized carbons (Fsp3) is 0.231. The minimum atomic E-state index is -0.476. The van der Waals surface area contributed by atoms with Gasteiger partial charge in [0.15, 0.2) is 0 Å². The molecule has 2 amide bonds. The van der Waals surface area contributed by atoms with Gasteiger partial charge in [-0.15, -0.1) is 0 Å². The van der Waals surface area contributed by atoms with Gasteiger partial charge in [-0.1, -0.05) is 49.0 Å². The predicted octanol–water partition coefficient (Wildman–Crippen LogP) is 4.73. The molecular formula is C26H24N2O3. The molecule has 5 nitrogen and oxygen atoms in total. The molecule has 2 unspecified atom stereocenters. The SMILES string of the molecule is C=C1CCC(N2Cc3c(OC(C)c4ccc5ccccc5c4)cccc3C2=O)C(=O)N1. The Kier molecular flexibility index (Phi) is 4.74. The molecule has 31 heavy (non-hydrogen) atoms. The number of hydrogen-bond donors (Lipinski definition) is 1. The maximum absolute atomic E-state index is 13.0. The summed E-state index contributed by atoms with van der Waals surface area (Å²) in [6, 6.07) is 19.6. The Labute approximate surface area is 181 Å². The predicted molar refractivity (Wildman–Crippen MR) is 120 cm³/mol. The maximum atomic E-state index is 13.0. The molecule has 0 spiro atoms. The lowest BCUT2D eigenvalue weighted by Crippen LogP contribution is -2.49. The molecule has 3 aromatic carbocycles. The Morgan fingerprint density at radius 3 is 2.68 bits per heavy atom. The van der Waals surface area contributed by atoms with Gasteiger partial charge in [-0.05, 0) is 54.3 Å². The van der Waals surface area contributed by atoms with Gasteiger partial charge in [0, 0.05) is 16.8 Å². The average Bonchev–Trinajstić information content (AvgIpc) is 3.11. The van der Waals surface area contributed by atoms with Crippen molar-refractivity contribution in [1.82, 2.24) is 10.2 Å². The van der Waals surface area contributed by atoms with Gasteiger partial charge in [0.25, 0.3) is 5.91 Å². The molecule has 2 heterocycles. The number of amides is 2. The second-order valence-electron chi connectivity index (χ2n) is 8.23. The van der Waals surface area contributed by atoms with Crippen molar-refractivity contribution < 1.29 is 14.3 Å². The van der Waals surface area contributed by atoms with Crippen LogP contribution in [0.4, 0.5) is 0 Å². The number of allylic oxidation sites excluding steroid dienone is 1. The fourth-order valence-corrected chi connectivity index (χ4v) is 4.47. The Hall–Kier alpha value is -3.60. The zero-order valence-corrected chi connectivity index (χ0v) is 17.4. The summed E-state index contributed by atoms with van der Waals surface area (Å²) < 4.78 is 6.33. The first-order chi connectivity index (χ1) is 15.0. The van der Waals surface area contributed by atoms with Gasteiger partial charge in [0.1, 0.15) is 17.9 Å². The first kappa shape index (κ1) is 19.4. The number of carbonyl (C=O) groups excluding carboxylic acids is 2. The van der Waals surface area contributed by atoms with Crippen molar-refractivity contribution in [2.45, 2.75) is 38.5 Å². The smallest absolute Gasteiger partial charge is 0.255 e. The molecule has 0 aliphatic carbocycles. The Morgan fingerprint density at radius 2 is 1.87 bits per heavy atom. The number of rotatable bonds is 4. The molecule has 0 aromatic heterocycles. The average molecular weight is 412 g/mol. The monoisotopic (exact) mass is 412 g/mol. The third-order valence-electron chi connectivity index (χ3n) is 6.20. The molecule has 5 rings (SSSR count). The van der Waals surface area contributed by atoms with E-state index in [4.69, 9.17) is 4.74 Å². The maximum Gasteiger partial charge on any atom is 0.255 e. The lowest BCUT2D eigenvalue weighted by atomic mass is 10.0. The second kappa shape index (κ2) is 7.58. The fourth-order valence-electron chi connectivity index (χ4n) is 4.47. The van der Waals surface area contributed by atoms with Crippen LogP contribution >= 0.6 is 0 Å². The summed E-state index contributed by atoms with van der Waals surface area (Å²) in [4.78, 5) is 27.1. The van der Waals surface area contributed by atoms with E-state index in [1.807, 2.05) is 37.3 Å². The summed E-state index contributed by atoms with van der Waals surface area (Å²) >= 11 is 0. The summed E-state index contributed by atoms with van der Waals surface area (Å²) in [6.07, 6.45) is 1.09. The van der Waals surface area contributed by atoms with Crippen LogP contribution in [0.2, 0.25) is 0 Å². The van der Waals surface area contributed by atoms with Crippen molar-refractivity contribution in [1.29, 1.82) is 0 Å². The number of nitrogens with zero attached hydrogens (tertiary/aromatic N) is 1. The van der Waals surface area contributed by atoms with Crippen molar-refractivity contribution in [3.8, 4) is 5.75 Å². The highest BCUT2D eigenvalue weighted by Crippen LogP contribution is 2.36. The van der Waals surface area contributed by atoms with Crippen molar-refractivity contribution in [3.05, 3.63) is 89.6 Å². The summed E-state index contributed by atoms with van der Waals surface area (Å²) in [5, 5.41) is 5.13. The molecule has 156 valence electrons. The minimum Gasteiger partial charge on any atom is -0.486 e. The zero-order chi connectivity index (χ0) is 21.5. The summed E-state index contributed by atoms with van der Waals surface area (Å²) in [6.45, 7) is 6.21. The van der Waals surface area contributed by atoms with Crippen LogP contribution in [0.15, 0.2) is 72.9 Å².